The maximum atomic E-state index is 12.5. The summed E-state index contributed by atoms with van der Waals surface area (Å²) in [6, 6.07) is 18.4. The highest BCUT2D eigenvalue weighted by Crippen LogP contribution is 2.16. The topological polar surface area (TPSA) is 73.2 Å². The van der Waals surface area contributed by atoms with Gasteiger partial charge in [0, 0.05) is 29.9 Å². The van der Waals surface area contributed by atoms with Crippen LogP contribution in [0.1, 0.15) is 41.2 Å². The van der Waals surface area contributed by atoms with Crippen molar-refractivity contribution in [3.63, 3.8) is 0 Å². The summed E-state index contributed by atoms with van der Waals surface area (Å²) in [7, 11) is 0. The SMILES string of the molecule is Cc1cc(=O)c(C(=O)NCCCOC(C)c2ccccc2)nn1-c1ccc(Cl)cc1. The van der Waals surface area contributed by atoms with Gasteiger partial charge in [0.15, 0.2) is 5.69 Å². The van der Waals surface area contributed by atoms with Gasteiger partial charge >= 0.3 is 0 Å². The molecule has 0 aliphatic rings. The van der Waals surface area contributed by atoms with Crippen molar-refractivity contribution in [2.45, 2.75) is 26.4 Å². The summed E-state index contributed by atoms with van der Waals surface area (Å²) in [5.41, 5.74) is 1.89. The number of carbonyl (C=O) groups is 1. The first-order chi connectivity index (χ1) is 14.5. The zero-order valence-electron chi connectivity index (χ0n) is 17.0. The minimum absolute atomic E-state index is 0.0211. The molecule has 1 heterocycles. The Morgan fingerprint density at radius 2 is 1.87 bits per heavy atom. The van der Waals surface area contributed by atoms with E-state index in [4.69, 9.17) is 16.3 Å². The third kappa shape index (κ3) is 5.55. The number of nitrogens with zero attached hydrogens (tertiary/aromatic N) is 2. The lowest BCUT2D eigenvalue weighted by molar-refractivity contribution is 0.0634. The molecule has 7 heteroatoms. The number of aromatic nitrogens is 2. The Balaban J connectivity index is 1.57. The van der Waals surface area contributed by atoms with Crippen LogP contribution in [0.2, 0.25) is 5.02 Å². The fourth-order valence-electron chi connectivity index (χ4n) is 2.99. The molecule has 156 valence electrons. The highest BCUT2D eigenvalue weighted by molar-refractivity contribution is 6.30. The maximum Gasteiger partial charge on any atom is 0.275 e. The van der Waals surface area contributed by atoms with Crippen LogP contribution in [0.15, 0.2) is 65.5 Å². The molecule has 1 atom stereocenters. The Morgan fingerprint density at radius 1 is 1.17 bits per heavy atom. The van der Waals surface area contributed by atoms with Gasteiger partial charge in [-0.3, -0.25) is 9.59 Å². The second-order valence-electron chi connectivity index (χ2n) is 6.92. The predicted molar refractivity (Wildman–Crippen MR) is 117 cm³/mol. The van der Waals surface area contributed by atoms with E-state index in [1.165, 1.54) is 6.07 Å². The highest BCUT2D eigenvalue weighted by atomic mass is 35.5. The lowest BCUT2D eigenvalue weighted by atomic mass is 10.1. The average molecular weight is 426 g/mol. The van der Waals surface area contributed by atoms with Crippen LogP contribution in [0.25, 0.3) is 5.69 Å². The smallest absolute Gasteiger partial charge is 0.275 e. The van der Waals surface area contributed by atoms with Gasteiger partial charge in [0.25, 0.3) is 5.91 Å². The second kappa shape index (κ2) is 10.2. The van der Waals surface area contributed by atoms with Crippen LogP contribution in [-0.2, 0) is 4.74 Å². The molecule has 1 amide bonds. The molecule has 0 saturated carbocycles. The van der Waals surface area contributed by atoms with Crippen LogP contribution in [0, 0.1) is 6.92 Å². The van der Waals surface area contributed by atoms with Crippen molar-refractivity contribution >= 4 is 17.5 Å². The minimum atomic E-state index is -0.501. The second-order valence-corrected chi connectivity index (χ2v) is 7.36. The van der Waals surface area contributed by atoms with Crippen LogP contribution in [0.5, 0.6) is 0 Å². The molecule has 1 N–H and O–H groups in total. The van der Waals surface area contributed by atoms with E-state index in [0.29, 0.717) is 36.0 Å². The summed E-state index contributed by atoms with van der Waals surface area (Å²) in [6.45, 7) is 4.63. The highest BCUT2D eigenvalue weighted by Gasteiger charge is 2.15. The number of nitrogens with one attached hydrogen (secondary N) is 1. The zero-order valence-corrected chi connectivity index (χ0v) is 17.7. The number of benzene rings is 2. The molecule has 0 fully saturated rings. The quantitative estimate of drug-likeness (QED) is 0.551. The molecule has 0 bridgehead atoms. The molecule has 30 heavy (non-hydrogen) atoms. The van der Waals surface area contributed by atoms with E-state index in [-0.39, 0.29) is 11.8 Å². The van der Waals surface area contributed by atoms with Gasteiger partial charge in [0.2, 0.25) is 5.43 Å². The molecular weight excluding hydrogens is 402 g/mol. The Morgan fingerprint density at radius 3 is 2.57 bits per heavy atom. The van der Waals surface area contributed by atoms with E-state index in [0.717, 1.165) is 5.56 Å². The lowest BCUT2D eigenvalue weighted by Crippen LogP contribution is -2.32. The number of ether oxygens (including phenoxy) is 1. The maximum absolute atomic E-state index is 12.5. The summed E-state index contributed by atoms with van der Waals surface area (Å²) in [5, 5.41) is 7.60. The standard InChI is InChI=1S/C23H24ClN3O3/c1-16-15-21(28)22(26-27(16)20-11-9-19(24)10-12-20)23(29)25-13-6-14-30-17(2)18-7-4-3-5-8-18/h3-5,7-12,15,17H,6,13-14H2,1-2H3,(H,25,29). The Labute approximate surface area is 180 Å². The summed E-state index contributed by atoms with van der Waals surface area (Å²) in [6.07, 6.45) is 0.604. The van der Waals surface area contributed by atoms with Crippen molar-refractivity contribution in [1.29, 1.82) is 0 Å². The van der Waals surface area contributed by atoms with E-state index < -0.39 is 11.3 Å². The predicted octanol–water partition coefficient (Wildman–Crippen LogP) is 4.09. The molecule has 0 aliphatic heterocycles. The van der Waals surface area contributed by atoms with Gasteiger partial charge in [-0.1, -0.05) is 41.9 Å². The van der Waals surface area contributed by atoms with Crippen molar-refractivity contribution in [3.8, 4) is 5.69 Å². The molecule has 1 unspecified atom stereocenters. The van der Waals surface area contributed by atoms with Gasteiger partial charge in [-0.25, -0.2) is 4.68 Å². The van der Waals surface area contributed by atoms with Crippen LogP contribution in [0.3, 0.4) is 0 Å². The molecule has 0 aliphatic carbocycles. The molecule has 6 nitrogen and oxygen atoms in total. The van der Waals surface area contributed by atoms with Crippen molar-refractivity contribution in [2.75, 3.05) is 13.2 Å². The van der Waals surface area contributed by atoms with Gasteiger partial charge in [-0.05, 0) is 50.1 Å². The lowest BCUT2D eigenvalue weighted by Gasteiger charge is -2.14. The van der Waals surface area contributed by atoms with Crippen molar-refractivity contribution in [2.24, 2.45) is 0 Å². The van der Waals surface area contributed by atoms with Crippen molar-refractivity contribution < 1.29 is 9.53 Å². The first kappa shape index (κ1) is 21.7. The first-order valence-corrected chi connectivity index (χ1v) is 10.1. The normalized spacial score (nSPS) is 11.8. The Kier molecular flexibility index (Phi) is 7.38. The molecule has 3 aromatic rings. The molecule has 2 aromatic carbocycles. The summed E-state index contributed by atoms with van der Waals surface area (Å²) in [5.74, 6) is -0.501. The zero-order chi connectivity index (χ0) is 21.5. The van der Waals surface area contributed by atoms with Crippen LogP contribution < -0.4 is 10.7 Å². The van der Waals surface area contributed by atoms with E-state index >= 15 is 0 Å². The molecule has 3 rings (SSSR count). The van der Waals surface area contributed by atoms with E-state index in [1.807, 2.05) is 37.3 Å². The largest absolute Gasteiger partial charge is 0.374 e. The van der Waals surface area contributed by atoms with Crippen molar-refractivity contribution in [1.82, 2.24) is 15.1 Å². The molecule has 0 radical (unpaired) electrons. The Hall–Kier alpha value is -2.96. The average Bonchev–Trinajstić information content (AvgIpc) is 2.74. The van der Waals surface area contributed by atoms with Gasteiger partial charge in [0.1, 0.15) is 0 Å². The number of carbonyl (C=O) groups excluding carboxylic acids is 1. The minimum Gasteiger partial charge on any atom is -0.374 e. The first-order valence-electron chi connectivity index (χ1n) is 9.77. The number of aryl methyl sites for hydroxylation is 1. The summed E-state index contributed by atoms with van der Waals surface area (Å²) >= 11 is 5.93. The molecular formula is C23H24ClN3O3. The molecule has 0 spiro atoms. The van der Waals surface area contributed by atoms with Crippen LogP contribution in [0.4, 0.5) is 0 Å². The Bertz CT molecular complexity index is 1050. The van der Waals surface area contributed by atoms with Crippen molar-refractivity contribution in [3.05, 3.63) is 92.9 Å². The number of hydrogen-bond donors (Lipinski definition) is 1. The van der Waals surface area contributed by atoms with E-state index in [9.17, 15) is 9.59 Å². The summed E-state index contributed by atoms with van der Waals surface area (Å²) in [4.78, 5) is 24.8. The van der Waals surface area contributed by atoms with E-state index in [1.54, 1.807) is 35.9 Å². The van der Waals surface area contributed by atoms with Gasteiger partial charge in [0.05, 0.1) is 11.8 Å². The number of halogens is 1. The van der Waals surface area contributed by atoms with Gasteiger partial charge < -0.3 is 10.1 Å². The van der Waals surface area contributed by atoms with Crippen LogP contribution in [-0.4, -0.2) is 28.8 Å². The van der Waals surface area contributed by atoms with Gasteiger partial charge in [-0.2, -0.15) is 5.10 Å². The molecule has 1 aromatic heterocycles. The summed E-state index contributed by atoms with van der Waals surface area (Å²) < 4.78 is 7.35. The van der Waals surface area contributed by atoms with Crippen LogP contribution >= 0.6 is 11.6 Å². The third-order valence-corrected chi connectivity index (χ3v) is 4.89. The van der Waals surface area contributed by atoms with Gasteiger partial charge in [-0.15, -0.1) is 0 Å². The fourth-order valence-corrected chi connectivity index (χ4v) is 3.11. The monoisotopic (exact) mass is 425 g/mol. The fraction of sp³-hybridized carbons (Fsp3) is 0.261. The number of hydrogen-bond acceptors (Lipinski definition) is 4. The van der Waals surface area contributed by atoms with E-state index in [2.05, 4.69) is 10.4 Å². The molecule has 0 saturated heterocycles. The third-order valence-electron chi connectivity index (χ3n) is 4.64. The number of amides is 1. The number of rotatable bonds is 8.